The number of aliphatic carboxylic acids is 1. The number of aryl methyl sites for hydroxylation is 2. The zero-order valence-corrected chi connectivity index (χ0v) is 13.1. The summed E-state index contributed by atoms with van der Waals surface area (Å²) in [5.41, 5.74) is 2.49. The van der Waals surface area contributed by atoms with E-state index in [-0.39, 0.29) is 5.56 Å². The third-order valence-electron chi connectivity index (χ3n) is 3.98. The molecule has 1 aromatic carbocycles. The molecule has 0 spiro atoms. The van der Waals surface area contributed by atoms with Crippen molar-refractivity contribution in [2.24, 2.45) is 0 Å². The Morgan fingerprint density at radius 2 is 1.87 bits per heavy atom. The second kappa shape index (κ2) is 5.39. The molecule has 1 N–H and O–H groups in total. The highest BCUT2D eigenvalue weighted by atomic mass is 16.4. The van der Waals surface area contributed by atoms with Crippen molar-refractivity contribution < 1.29 is 9.90 Å². The molecule has 0 bridgehead atoms. The normalized spacial score (nSPS) is 12.5. The van der Waals surface area contributed by atoms with E-state index in [1.165, 1.54) is 17.6 Å². The molecule has 0 fully saturated rings. The second-order valence-corrected chi connectivity index (χ2v) is 5.58. The largest absolute Gasteiger partial charge is 0.480 e. The summed E-state index contributed by atoms with van der Waals surface area (Å²) in [6.07, 6.45) is 0. The van der Waals surface area contributed by atoms with Gasteiger partial charge in [-0.3, -0.25) is 9.36 Å². The van der Waals surface area contributed by atoms with Crippen LogP contribution in [0.25, 0.3) is 16.7 Å². The highest BCUT2D eigenvalue weighted by Crippen LogP contribution is 2.25. The van der Waals surface area contributed by atoms with Gasteiger partial charge in [-0.2, -0.15) is 5.10 Å². The molecule has 118 valence electrons. The number of benzene rings is 1. The van der Waals surface area contributed by atoms with E-state index in [2.05, 4.69) is 5.10 Å². The van der Waals surface area contributed by atoms with Crippen LogP contribution in [0.15, 0.2) is 41.2 Å². The molecule has 6 heteroatoms. The predicted octanol–water partition coefficient (Wildman–Crippen LogP) is 2.45. The van der Waals surface area contributed by atoms with E-state index in [1.54, 1.807) is 4.68 Å². The van der Waals surface area contributed by atoms with Crippen LogP contribution in [0, 0.1) is 13.8 Å². The third-order valence-corrected chi connectivity index (χ3v) is 3.98. The van der Waals surface area contributed by atoms with Crippen LogP contribution in [-0.4, -0.2) is 25.4 Å². The van der Waals surface area contributed by atoms with Gasteiger partial charge in [-0.05, 0) is 38.5 Å². The molecule has 0 aliphatic rings. The topological polar surface area (TPSA) is 77.1 Å². The molecular formula is C17H17N3O3. The first-order chi connectivity index (χ1) is 10.9. The maximum absolute atomic E-state index is 12.5. The lowest BCUT2D eigenvalue weighted by molar-refractivity contribution is -0.140. The quantitative estimate of drug-likeness (QED) is 0.806. The van der Waals surface area contributed by atoms with Gasteiger partial charge in [0.2, 0.25) is 0 Å². The first-order valence-corrected chi connectivity index (χ1v) is 7.31. The molecule has 0 amide bonds. The van der Waals surface area contributed by atoms with Crippen LogP contribution < -0.4 is 5.56 Å². The number of carboxylic acids is 1. The Labute approximate surface area is 132 Å². The lowest BCUT2D eigenvalue weighted by Gasteiger charge is -2.15. The summed E-state index contributed by atoms with van der Waals surface area (Å²) in [6, 6.07) is 9.85. The number of rotatable bonds is 3. The third kappa shape index (κ3) is 2.32. The Kier molecular flexibility index (Phi) is 3.52. The highest BCUT2D eigenvalue weighted by molar-refractivity contribution is 5.85. The standard InChI is InChI=1S/C17H17N3O3/c1-10-9-14(21)19(12(3)17(22)23)16-15(10)11(2)18-20(16)13-7-5-4-6-8-13/h4-9,12H,1-3H3,(H,22,23)/t12-/m0/s1. The van der Waals surface area contributed by atoms with E-state index in [4.69, 9.17) is 0 Å². The number of fused-ring (bicyclic) bond motifs is 1. The van der Waals surface area contributed by atoms with Crippen LogP contribution >= 0.6 is 0 Å². The van der Waals surface area contributed by atoms with E-state index in [1.807, 2.05) is 44.2 Å². The average Bonchev–Trinajstić information content (AvgIpc) is 2.85. The van der Waals surface area contributed by atoms with Gasteiger partial charge in [0.25, 0.3) is 5.56 Å². The van der Waals surface area contributed by atoms with E-state index >= 15 is 0 Å². The molecule has 0 unspecified atom stereocenters. The number of carbonyl (C=O) groups is 1. The maximum atomic E-state index is 12.5. The van der Waals surface area contributed by atoms with E-state index in [9.17, 15) is 14.7 Å². The smallest absolute Gasteiger partial charge is 0.326 e. The number of nitrogens with zero attached hydrogens (tertiary/aromatic N) is 3. The first kappa shape index (κ1) is 15.0. The van der Waals surface area contributed by atoms with Crippen molar-refractivity contribution in [2.45, 2.75) is 26.8 Å². The summed E-state index contributed by atoms with van der Waals surface area (Å²) in [6.45, 7) is 5.19. The van der Waals surface area contributed by atoms with Gasteiger partial charge >= 0.3 is 5.97 Å². The molecule has 3 rings (SSSR count). The van der Waals surface area contributed by atoms with Crippen LogP contribution in [0.1, 0.15) is 24.2 Å². The Hall–Kier alpha value is -2.89. The molecule has 0 aliphatic heterocycles. The van der Waals surface area contributed by atoms with Crippen molar-refractivity contribution in [3.05, 3.63) is 58.0 Å². The van der Waals surface area contributed by atoms with E-state index in [0.29, 0.717) is 5.65 Å². The Balaban J connectivity index is 2.48. The summed E-state index contributed by atoms with van der Waals surface area (Å²) < 4.78 is 2.93. The fraction of sp³-hybridized carbons (Fsp3) is 0.235. The van der Waals surface area contributed by atoms with Gasteiger partial charge in [-0.15, -0.1) is 0 Å². The number of hydrogen-bond donors (Lipinski definition) is 1. The number of aromatic nitrogens is 3. The molecule has 23 heavy (non-hydrogen) atoms. The number of hydrogen-bond acceptors (Lipinski definition) is 3. The summed E-state index contributed by atoms with van der Waals surface area (Å²) in [5, 5.41) is 14.7. The van der Waals surface area contributed by atoms with Crippen molar-refractivity contribution in [1.29, 1.82) is 0 Å². The number of carboxylic acid groups (broad SMARTS) is 1. The van der Waals surface area contributed by atoms with Gasteiger partial charge in [0.1, 0.15) is 11.7 Å². The predicted molar refractivity (Wildman–Crippen MR) is 87.2 cm³/mol. The highest BCUT2D eigenvalue weighted by Gasteiger charge is 2.23. The van der Waals surface area contributed by atoms with Gasteiger partial charge in [0.15, 0.2) is 0 Å². The molecule has 1 atom stereocenters. The fourth-order valence-corrected chi connectivity index (χ4v) is 2.86. The second-order valence-electron chi connectivity index (χ2n) is 5.58. The maximum Gasteiger partial charge on any atom is 0.326 e. The minimum Gasteiger partial charge on any atom is -0.480 e. The molecule has 2 heterocycles. The molecule has 0 radical (unpaired) electrons. The SMILES string of the molecule is Cc1cc(=O)n([C@@H](C)C(=O)O)c2c1c(C)nn2-c1ccccc1. The first-order valence-electron chi connectivity index (χ1n) is 7.31. The average molecular weight is 311 g/mol. The van der Waals surface area contributed by atoms with Gasteiger partial charge in [-0.25, -0.2) is 9.48 Å². The van der Waals surface area contributed by atoms with Gasteiger partial charge in [-0.1, -0.05) is 18.2 Å². The molecule has 0 saturated carbocycles. The number of pyridine rings is 1. The monoisotopic (exact) mass is 311 g/mol. The zero-order valence-electron chi connectivity index (χ0n) is 13.1. The molecule has 0 aliphatic carbocycles. The van der Waals surface area contributed by atoms with Crippen LogP contribution in [-0.2, 0) is 4.79 Å². The lowest BCUT2D eigenvalue weighted by Crippen LogP contribution is -2.29. The Morgan fingerprint density at radius 1 is 1.22 bits per heavy atom. The van der Waals surface area contributed by atoms with E-state index < -0.39 is 12.0 Å². The van der Waals surface area contributed by atoms with Crippen molar-refractivity contribution >= 4 is 17.0 Å². The minimum absolute atomic E-state index is 0.345. The molecule has 6 nitrogen and oxygen atoms in total. The minimum atomic E-state index is -1.06. The Bertz CT molecular complexity index is 955. The lowest BCUT2D eigenvalue weighted by atomic mass is 10.1. The summed E-state index contributed by atoms with van der Waals surface area (Å²) in [7, 11) is 0. The van der Waals surface area contributed by atoms with Crippen LogP contribution in [0.4, 0.5) is 0 Å². The van der Waals surface area contributed by atoms with Crippen molar-refractivity contribution in [2.75, 3.05) is 0 Å². The van der Waals surface area contributed by atoms with Crippen LogP contribution in [0.5, 0.6) is 0 Å². The van der Waals surface area contributed by atoms with Gasteiger partial charge in [0.05, 0.1) is 11.4 Å². The summed E-state index contributed by atoms with van der Waals surface area (Å²) in [4.78, 5) is 23.9. The molecule has 2 aromatic heterocycles. The molecule has 3 aromatic rings. The molecular weight excluding hydrogens is 294 g/mol. The van der Waals surface area contributed by atoms with Crippen LogP contribution in [0.2, 0.25) is 0 Å². The van der Waals surface area contributed by atoms with Gasteiger partial charge in [0, 0.05) is 11.5 Å². The Morgan fingerprint density at radius 3 is 2.48 bits per heavy atom. The fourth-order valence-electron chi connectivity index (χ4n) is 2.86. The number of para-hydroxylation sites is 1. The van der Waals surface area contributed by atoms with Crippen LogP contribution in [0.3, 0.4) is 0 Å². The van der Waals surface area contributed by atoms with Gasteiger partial charge < -0.3 is 5.11 Å². The van der Waals surface area contributed by atoms with Crippen molar-refractivity contribution in [3.8, 4) is 5.69 Å². The summed E-state index contributed by atoms with van der Waals surface area (Å²) in [5.74, 6) is -1.06. The van der Waals surface area contributed by atoms with E-state index in [0.717, 1.165) is 22.3 Å². The zero-order chi connectivity index (χ0) is 16.7. The van der Waals surface area contributed by atoms with Crippen molar-refractivity contribution in [3.63, 3.8) is 0 Å². The summed E-state index contributed by atoms with van der Waals surface area (Å²) >= 11 is 0. The molecule has 0 saturated heterocycles. The van der Waals surface area contributed by atoms with Crippen molar-refractivity contribution in [1.82, 2.24) is 14.3 Å².